The summed E-state index contributed by atoms with van der Waals surface area (Å²) in [5.74, 6) is -0.0303. The van der Waals surface area contributed by atoms with Crippen LogP contribution in [0.2, 0.25) is 0 Å². The minimum atomic E-state index is -3.78. The number of nitrogens with zero attached hydrogens (tertiary/aromatic N) is 2. The van der Waals surface area contributed by atoms with Gasteiger partial charge in [-0.25, -0.2) is 12.8 Å². The molecule has 0 atom stereocenters. The number of halogens is 2. The van der Waals surface area contributed by atoms with E-state index in [9.17, 15) is 12.8 Å². The molecule has 1 heterocycles. The Balaban J connectivity index is 2.27. The molecule has 0 spiro atoms. The van der Waals surface area contributed by atoms with E-state index in [1.165, 1.54) is 19.2 Å². The summed E-state index contributed by atoms with van der Waals surface area (Å²) in [6, 6.07) is 5.32. The van der Waals surface area contributed by atoms with Crippen LogP contribution >= 0.6 is 15.9 Å². The molecule has 0 saturated heterocycles. The Hall–Kier alpha value is -1.25. The second-order valence-electron chi connectivity index (χ2n) is 4.27. The molecular formula is C12H12BrFN2O3S. The predicted molar refractivity (Wildman–Crippen MR) is 74.0 cm³/mol. The monoisotopic (exact) mass is 362 g/mol. The van der Waals surface area contributed by atoms with E-state index in [0.717, 1.165) is 10.4 Å². The number of hydrogen-bond acceptors (Lipinski definition) is 4. The molecule has 0 radical (unpaired) electrons. The Kier molecular flexibility index (Phi) is 4.26. The summed E-state index contributed by atoms with van der Waals surface area (Å²) < 4.78 is 44.2. The van der Waals surface area contributed by atoms with Gasteiger partial charge in [-0.15, -0.1) is 0 Å². The van der Waals surface area contributed by atoms with Crippen molar-refractivity contribution in [2.45, 2.75) is 18.4 Å². The quantitative estimate of drug-likeness (QED) is 0.838. The van der Waals surface area contributed by atoms with E-state index < -0.39 is 15.8 Å². The highest BCUT2D eigenvalue weighted by atomic mass is 79.9. The Morgan fingerprint density at radius 2 is 2.10 bits per heavy atom. The summed E-state index contributed by atoms with van der Waals surface area (Å²) in [5.41, 5.74) is 0.492. The number of aryl methyl sites for hydroxylation is 1. The summed E-state index contributed by atoms with van der Waals surface area (Å²) in [4.78, 5) is -0.110. The lowest BCUT2D eigenvalue weighted by molar-refractivity contribution is 0.378. The topological polar surface area (TPSA) is 63.4 Å². The first-order valence-corrected chi connectivity index (χ1v) is 7.87. The average molecular weight is 363 g/mol. The van der Waals surface area contributed by atoms with Crippen LogP contribution in [-0.4, -0.2) is 24.9 Å². The van der Waals surface area contributed by atoms with E-state index in [4.69, 9.17) is 4.52 Å². The molecule has 0 fully saturated rings. The van der Waals surface area contributed by atoms with Gasteiger partial charge in [0.2, 0.25) is 10.0 Å². The summed E-state index contributed by atoms with van der Waals surface area (Å²) in [6.45, 7) is 1.77. The molecule has 0 amide bonds. The molecule has 0 bridgehead atoms. The van der Waals surface area contributed by atoms with Crippen molar-refractivity contribution in [1.29, 1.82) is 0 Å². The van der Waals surface area contributed by atoms with Crippen LogP contribution in [0.1, 0.15) is 11.5 Å². The van der Waals surface area contributed by atoms with Crippen molar-refractivity contribution in [3.8, 4) is 0 Å². The molecule has 2 rings (SSSR count). The van der Waals surface area contributed by atoms with Gasteiger partial charge in [0.15, 0.2) is 0 Å². The molecule has 1 aromatic heterocycles. The van der Waals surface area contributed by atoms with Crippen molar-refractivity contribution in [3.05, 3.63) is 46.0 Å². The molecule has 0 aliphatic carbocycles. The van der Waals surface area contributed by atoms with Gasteiger partial charge in [-0.2, -0.15) is 4.31 Å². The van der Waals surface area contributed by atoms with Crippen LogP contribution in [0.4, 0.5) is 4.39 Å². The molecule has 5 nitrogen and oxygen atoms in total. The van der Waals surface area contributed by atoms with Crippen molar-refractivity contribution in [2.24, 2.45) is 0 Å². The highest BCUT2D eigenvalue weighted by Gasteiger charge is 2.23. The largest absolute Gasteiger partial charge is 0.361 e. The molecule has 20 heavy (non-hydrogen) atoms. The molecule has 0 unspecified atom stereocenters. The summed E-state index contributed by atoms with van der Waals surface area (Å²) in [6.07, 6.45) is 0. The van der Waals surface area contributed by atoms with Crippen molar-refractivity contribution < 1.29 is 17.3 Å². The summed E-state index contributed by atoms with van der Waals surface area (Å²) in [5, 5.41) is 3.73. The fourth-order valence-corrected chi connectivity index (χ4v) is 3.02. The lowest BCUT2D eigenvalue weighted by Crippen LogP contribution is -2.26. The highest BCUT2D eigenvalue weighted by Crippen LogP contribution is 2.22. The summed E-state index contributed by atoms with van der Waals surface area (Å²) in [7, 11) is -2.37. The lowest BCUT2D eigenvalue weighted by atomic mass is 10.3. The molecule has 0 aliphatic rings. The maximum absolute atomic E-state index is 13.4. The number of hydrogen-bond donors (Lipinski definition) is 0. The van der Waals surface area contributed by atoms with Gasteiger partial charge >= 0.3 is 0 Å². The number of aromatic nitrogens is 1. The van der Waals surface area contributed by atoms with Crippen LogP contribution < -0.4 is 0 Å². The highest BCUT2D eigenvalue weighted by molar-refractivity contribution is 9.10. The standard InChI is InChI=1S/C12H12BrFN2O3S/c1-8-5-9(15-19-8)7-16(2)20(17,18)10-3-4-11(13)12(14)6-10/h3-6H,7H2,1-2H3. The van der Waals surface area contributed by atoms with Crippen molar-refractivity contribution >= 4 is 26.0 Å². The maximum Gasteiger partial charge on any atom is 0.243 e. The van der Waals surface area contributed by atoms with Crippen LogP contribution in [0, 0.1) is 12.7 Å². The Morgan fingerprint density at radius 1 is 1.40 bits per heavy atom. The smallest absolute Gasteiger partial charge is 0.243 e. The van der Waals surface area contributed by atoms with Crippen LogP contribution in [0.25, 0.3) is 0 Å². The first kappa shape index (κ1) is 15.1. The normalized spacial score (nSPS) is 12.1. The Labute approximate surface area is 124 Å². The molecule has 0 aliphatic heterocycles. The first-order chi connectivity index (χ1) is 9.30. The van der Waals surface area contributed by atoms with Gasteiger partial charge in [-0.05, 0) is 41.1 Å². The van der Waals surface area contributed by atoms with E-state index in [1.807, 2.05) is 0 Å². The molecule has 8 heteroatoms. The number of sulfonamides is 1. The van der Waals surface area contributed by atoms with Gasteiger partial charge in [-0.1, -0.05) is 5.16 Å². The van der Waals surface area contributed by atoms with Crippen molar-refractivity contribution in [2.75, 3.05) is 7.05 Å². The second kappa shape index (κ2) is 5.63. The molecular weight excluding hydrogens is 351 g/mol. The van der Waals surface area contributed by atoms with Gasteiger partial charge < -0.3 is 4.52 Å². The van der Waals surface area contributed by atoms with Gasteiger partial charge in [0.25, 0.3) is 0 Å². The molecule has 108 valence electrons. The Morgan fingerprint density at radius 3 is 2.65 bits per heavy atom. The fourth-order valence-electron chi connectivity index (χ4n) is 1.62. The van der Waals surface area contributed by atoms with Crippen LogP contribution in [0.15, 0.2) is 38.2 Å². The SMILES string of the molecule is Cc1cc(CN(C)S(=O)(=O)c2ccc(Br)c(F)c2)no1. The third kappa shape index (κ3) is 3.08. The van der Waals surface area contributed by atoms with E-state index in [1.54, 1.807) is 13.0 Å². The van der Waals surface area contributed by atoms with Crippen LogP contribution in [0.5, 0.6) is 0 Å². The third-order valence-corrected chi connectivity index (χ3v) is 5.10. The van der Waals surface area contributed by atoms with Gasteiger partial charge in [0.05, 0.1) is 21.6 Å². The molecule has 0 N–H and O–H groups in total. The number of rotatable bonds is 4. The Bertz CT molecular complexity index is 730. The zero-order valence-electron chi connectivity index (χ0n) is 10.8. The zero-order chi connectivity index (χ0) is 14.9. The maximum atomic E-state index is 13.4. The van der Waals surface area contributed by atoms with E-state index in [-0.39, 0.29) is 15.9 Å². The lowest BCUT2D eigenvalue weighted by Gasteiger charge is -2.15. The van der Waals surface area contributed by atoms with Gasteiger partial charge in [0, 0.05) is 13.1 Å². The second-order valence-corrected chi connectivity index (χ2v) is 7.17. The molecule has 0 saturated carbocycles. The van der Waals surface area contributed by atoms with Crippen LogP contribution in [0.3, 0.4) is 0 Å². The first-order valence-electron chi connectivity index (χ1n) is 5.64. The zero-order valence-corrected chi connectivity index (χ0v) is 13.2. The fraction of sp³-hybridized carbons (Fsp3) is 0.250. The minimum Gasteiger partial charge on any atom is -0.361 e. The summed E-state index contributed by atoms with van der Waals surface area (Å²) >= 11 is 2.98. The van der Waals surface area contributed by atoms with E-state index in [2.05, 4.69) is 21.1 Å². The average Bonchev–Trinajstić information content (AvgIpc) is 2.78. The third-order valence-electron chi connectivity index (χ3n) is 2.66. The van der Waals surface area contributed by atoms with Crippen LogP contribution in [-0.2, 0) is 16.6 Å². The number of benzene rings is 1. The van der Waals surface area contributed by atoms with Gasteiger partial charge in [-0.3, -0.25) is 0 Å². The van der Waals surface area contributed by atoms with E-state index in [0.29, 0.717) is 11.5 Å². The minimum absolute atomic E-state index is 0.0529. The molecule has 2 aromatic rings. The molecule has 1 aromatic carbocycles. The van der Waals surface area contributed by atoms with Crippen molar-refractivity contribution in [3.63, 3.8) is 0 Å². The predicted octanol–water partition coefficient (Wildman–Crippen LogP) is 2.71. The van der Waals surface area contributed by atoms with Crippen molar-refractivity contribution in [1.82, 2.24) is 9.46 Å². The van der Waals surface area contributed by atoms with Gasteiger partial charge in [0.1, 0.15) is 11.6 Å². The van der Waals surface area contributed by atoms with E-state index >= 15 is 0 Å².